The van der Waals surface area contributed by atoms with E-state index in [0.29, 0.717) is 6.54 Å². The Balaban J connectivity index is 1.72. The molecule has 0 aliphatic rings. The number of fused-ring (bicyclic) bond motifs is 1. The molecule has 2 aromatic carbocycles. The van der Waals surface area contributed by atoms with Crippen molar-refractivity contribution in [3.63, 3.8) is 0 Å². The molecule has 2 aromatic heterocycles. The van der Waals surface area contributed by atoms with E-state index in [9.17, 15) is 14.9 Å². The van der Waals surface area contributed by atoms with Crippen LogP contribution in [0.15, 0.2) is 73.2 Å². The maximum absolute atomic E-state index is 12.3. The van der Waals surface area contributed by atoms with Gasteiger partial charge in [0, 0.05) is 18.1 Å². The van der Waals surface area contributed by atoms with E-state index >= 15 is 0 Å². The highest BCUT2D eigenvalue weighted by Gasteiger charge is 2.28. The number of rotatable bonds is 7. The van der Waals surface area contributed by atoms with Gasteiger partial charge in [-0.1, -0.05) is 42.5 Å². The fourth-order valence-electron chi connectivity index (χ4n) is 3.38. The van der Waals surface area contributed by atoms with E-state index in [0.717, 1.165) is 16.5 Å². The van der Waals surface area contributed by atoms with Crippen LogP contribution in [0.3, 0.4) is 0 Å². The number of nitrogens with one attached hydrogen (secondary N) is 2. The van der Waals surface area contributed by atoms with Gasteiger partial charge in [-0.15, -0.1) is 0 Å². The van der Waals surface area contributed by atoms with Crippen LogP contribution in [-0.4, -0.2) is 32.3 Å². The van der Waals surface area contributed by atoms with Gasteiger partial charge in [-0.05, 0) is 30.5 Å². The van der Waals surface area contributed by atoms with Crippen molar-refractivity contribution in [1.29, 1.82) is 0 Å². The minimum Gasteiger partial charge on any atom is -0.320 e. The van der Waals surface area contributed by atoms with Gasteiger partial charge in [0.05, 0.1) is 10.6 Å². The summed E-state index contributed by atoms with van der Waals surface area (Å²) in [6.07, 6.45) is 2.69. The van der Waals surface area contributed by atoms with E-state index in [1.165, 1.54) is 18.6 Å². The highest BCUT2D eigenvalue weighted by Crippen LogP contribution is 2.38. The smallest absolute Gasteiger partial charge is 0.320 e. The summed E-state index contributed by atoms with van der Waals surface area (Å²) in [5.74, 6) is -0.581. The average Bonchev–Trinajstić information content (AvgIpc) is 2.83. The number of hydrogen-bond acceptors (Lipinski definition) is 8. The molecule has 2 N–H and O–H groups in total. The van der Waals surface area contributed by atoms with Crippen molar-refractivity contribution in [2.75, 3.05) is 16.9 Å². The molecule has 2 heterocycles. The van der Waals surface area contributed by atoms with Gasteiger partial charge in [-0.25, -0.2) is 9.97 Å². The summed E-state index contributed by atoms with van der Waals surface area (Å²) < 4.78 is 0. The van der Waals surface area contributed by atoms with Crippen LogP contribution in [0.4, 0.5) is 23.0 Å². The Hall–Kier alpha value is -4.60. The molecule has 10 heteroatoms. The molecule has 0 saturated heterocycles. The second kappa shape index (κ2) is 9.04. The first-order valence-corrected chi connectivity index (χ1v) is 9.82. The zero-order chi connectivity index (χ0) is 22.5. The van der Waals surface area contributed by atoms with Crippen molar-refractivity contribution in [2.45, 2.75) is 6.92 Å². The Kier molecular flexibility index (Phi) is 5.84. The van der Waals surface area contributed by atoms with Crippen LogP contribution in [0.25, 0.3) is 10.8 Å². The third kappa shape index (κ3) is 4.01. The SMILES string of the molecule is CCN(c1ncnc(NNC(=O)c2ccccn2)c1[N+](=O)[O-])c1cccc2ccccc12. The Bertz CT molecular complexity index is 1280. The highest BCUT2D eigenvalue weighted by atomic mass is 16.6. The van der Waals surface area contributed by atoms with Crippen LogP contribution in [0.1, 0.15) is 17.4 Å². The number of hydrazine groups is 1. The van der Waals surface area contributed by atoms with Crippen LogP contribution in [0, 0.1) is 10.1 Å². The second-order valence-corrected chi connectivity index (χ2v) is 6.69. The first-order chi connectivity index (χ1) is 15.6. The maximum Gasteiger partial charge on any atom is 0.355 e. The monoisotopic (exact) mass is 429 g/mol. The fraction of sp³-hybridized carbons (Fsp3) is 0.0909. The lowest BCUT2D eigenvalue weighted by molar-refractivity contribution is -0.383. The number of hydrogen-bond donors (Lipinski definition) is 2. The molecule has 0 aliphatic carbocycles. The number of nitro groups is 1. The molecule has 0 spiro atoms. The summed E-state index contributed by atoms with van der Waals surface area (Å²) in [6, 6.07) is 18.4. The molecule has 0 fully saturated rings. The molecule has 4 aromatic rings. The lowest BCUT2D eigenvalue weighted by Gasteiger charge is -2.24. The lowest BCUT2D eigenvalue weighted by Crippen LogP contribution is -2.31. The third-order valence-corrected chi connectivity index (χ3v) is 4.81. The Morgan fingerprint density at radius 3 is 2.56 bits per heavy atom. The number of nitrogens with zero attached hydrogens (tertiary/aromatic N) is 5. The summed E-state index contributed by atoms with van der Waals surface area (Å²) in [5.41, 5.74) is 5.51. The minimum atomic E-state index is -0.571. The molecule has 32 heavy (non-hydrogen) atoms. The zero-order valence-corrected chi connectivity index (χ0v) is 17.1. The van der Waals surface area contributed by atoms with Gasteiger partial charge in [-0.3, -0.25) is 30.7 Å². The first kappa shape index (κ1) is 20.7. The quantitative estimate of drug-likeness (QED) is 0.335. The minimum absolute atomic E-state index is 0.110. The van der Waals surface area contributed by atoms with Gasteiger partial charge in [-0.2, -0.15) is 0 Å². The van der Waals surface area contributed by atoms with E-state index in [1.807, 2.05) is 49.4 Å². The number of benzene rings is 2. The standard InChI is InChI=1S/C22H19N7O3/c1-2-28(18-12-7-9-15-8-3-4-10-16(15)18)21-19(29(31)32)20(24-14-25-21)26-27-22(30)17-11-5-6-13-23-17/h3-14H,2H2,1H3,(H,27,30)(H,24,25,26). The Morgan fingerprint density at radius 1 is 1.03 bits per heavy atom. The molecule has 0 aliphatic heterocycles. The Morgan fingerprint density at radius 2 is 1.81 bits per heavy atom. The molecule has 0 radical (unpaired) electrons. The Labute approximate surface area is 183 Å². The summed E-state index contributed by atoms with van der Waals surface area (Å²) in [4.78, 5) is 37.6. The molecule has 160 valence electrons. The number of carbonyl (C=O) groups excluding carboxylic acids is 1. The predicted molar refractivity (Wildman–Crippen MR) is 121 cm³/mol. The average molecular weight is 429 g/mol. The summed E-state index contributed by atoms with van der Waals surface area (Å²) >= 11 is 0. The van der Waals surface area contributed by atoms with Crippen LogP contribution in [0.2, 0.25) is 0 Å². The molecule has 4 rings (SSSR count). The number of aromatic nitrogens is 3. The van der Waals surface area contributed by atoms with Crippen molar-refractivity contribution in [3.05, 3.63) is 89.0 Å². The molecule has 10 nitrogen and oxygen atoms in total. The first-order valence-electron chi connectivity index (χ1n) is 9.82. The van der Waals surface area contributed by atoms with Crippen molar-refractivity contribution in [2.24, 2.45) is 0 Å². The van der Waals surface area contributed by atoms with Crippen molar-refractivity contribution < 1.29 is 9.72 Å². The van der Waals surface area contributed by atoms with Gasteiger partial charge in [0.15, 0.2) is 0 Å². The molecule has 0 saturated carbocycles. The van der Waals surface area contributed by atoms with Crippen molar-refractivity contribution in [1.82, 2.24) is 20.4 Å². The largest absolute Gasteiger partial charge is 0.355 e. The summed E-state index contributed by atoms with van der Waals surface area (Å²) in [6.45, 7) is 2.30. The number of amides is 1. The lowest BCUT2D eigenvalue weighted by atomic mass is 10.1. The second-order valence-electron chi connectivity index (χ2n) is 6.69. The molecule has 0 bridgehead atoms. The van der Waals surface area contributed by atoms with Crippen LogP contribution in [-0.2, 0) is 0 Å². The van der Waals surface area contributed by atoms with E-state index in [2.05, 4.69) is 25.8 Å². The van der Waals surface area contributed by atoms with Gasteiger partial charge in [0.1, 0.15) is 12.0 Å². The van der Waals surface area contributed by atoms with Gasteiger partial charge in [0.2, 0.25) is 11.6 Å². The number of pyridine rings is 1. The topological polar surface area (TPSA) is 126 Å². The fourth-order valence-corrected chi connectivity index (χ4v) is 3.38. The number of carbonyl (C=O) groups is 1. The number of anilines is 3. The van der Waals surface area contributed by atoms with E-state index in [1.54, 1.807) is 17.0 Å². The predicted octanol–water partition coefficient (Wildman–Crippen LogP) is 3.85. The zero-order valence-electron chi connectivity index (χ0n) is 17.1. The van der Waals surface area contributed by atoms with Crippen molar-refractivity contribution >= 4 is 39.7 Å². The van der Waals surface area contributed by atoms with Gasteiger partial charge in [0.25, 0.3) is 5.91 Å². The summed E-state index contributed by atoms with van der Waals surface area (Å²) in [5, 5.41) is 13.9. The molecule has 0 unspecified atom stereocenters. The van der Waals surface area contributed by atoms with E-state index in [4.69, 9.17) is 0 Å². The van der Waals surface area contributed by atoms with Gasteiger partial charge >= 0.3 is 5.69 Å². The normalized spacial score (nSPS) is 10.5. The summed E-state index contributed by atoms with van der Waals surface area (Å²) in [7, 11) is 0. The van der Waals surface area contributed by atoms with Crippen LogP contribution in [0.5, 0.6) is 0 Å². The molecular weight excluding hydrogens is 410 g/mol. The van der Waals surface area contributed by atoms with Crippen molar-refractivity contribution in [3.8, 4) is 0 Å². The van der Waals surface area contributed by atoms with E-state index in [-0.39, 0.29) is 23.0 Å². The molecule has 0 atom stereocenters. The third-order valence-electron chi connectivity index (χ3n) is 4.81. The molecular formula is C22H19N7O3. The van der Waals surface area contributed by atoms with Gasteiger partial charge < -0.3 is 4.90 Å². The highest BCUT2D eigenvalue weighted by molar-refractivity contribution is 5.97. The molecule has 1 amide bonds. The maximum atomic E-state index is 12.3. The van der Waals surface area contributed by atoms with Crippen LogP contribution < -0.4 is 15.8 Å². The van der Waals surface area contributed by atoms with E-state index < -0.39 is 10.8 Å². The van der Waals surface area contributed by atoms with Crippen LogP contribution >= 0.6 is 0 Å².